The molecule has 0 radical (unpaired) electrons. The number of rotatable bonds is 2. The highest BCUT2D eigenvalue weighted by molar-refractivity contribution is 5.22. The van der Waals surface area contributed by atoms with Crippen molar-refractivity contribution in [3.63, 3.8) is 0 Å². The molecular formula is C18H26N2O. The predicted molar refractivity (Wildman–Crippen MR) is 82.3 cm³/mol. The highest BCUT2D eigenvalue weighted by atomic mass is 16.1. The minimum absolute atomic E-state index is 0.225. The van der Waals surface area contributed by atoms with Gasteiger partial charge in [-0.3, -0.25) is 14.6 Å². The van der Waals surface area contributed by atoms with E-state index in [1.54, 1.807) is 0 Å². The Morgan fingerprint density at radius 1 is 1.05 bits per heavy atom. The molecule has 0 unspecified atom stereocenters. The van der Waals surface area contributed by atoms with Crippen LogP contribution in [0, 0.1) is 23.2 Å². The molecule has 1 N–H and O–H groups in total. The molecule has 4 fully saturated rings. The Morgan fingerprint density at radius 3 is 2.38 bits per heavy atom. The van der Waals surface area contributed by atoms with E-state index in [2.05, 4.69) is 9.78 Å². The number of aromatic nitrogens is 2. The second-order valence-corrected chi connectivity index (χ2v) is 8.57. The molecular weight excluding hydrogens is 260 g/mol. The number of aromatic amines is 1. The molecule has 114 valence electrons. The van der Waals surface area contributed by atoms with Crippen LogP contribution >= 0.6 is 0 Å². The van der Waals surface area contributed by atoms with Gasteiger partial charge < -0.3 is 0 Å². The third kappa shape index (κ3) is 1.89. The number of hydrogen-bond donors (Lipinski definition) is 1. The quantitative estimate of drug-likeness (QED) is 0.890. The van der Waals surface area contributed by atoms with Crippen LogP contribution in [0.3, 0.4) is 0 Å². The van der Waals surface area contributed by atoms with Crippen molar-refractivity contribution in [3.05, 3.63) is 21.6 Å². The monoisotopic (exact) mass is 286 g/mol. The van der Waals surface area contributed by atoms with Crippen LogP contribution in [0.1, 0.15) is 62.6 Å². The maximum atomic E-state index is 12.5. The van der Waals surface area contributed by atoms with Gasteiger partial charge in [0.1, 0.15) is 0 Å². The molecule has 0 atom stereocenters. The van der Waals surface area contributed by atoms with Crippen molar-refractivity contribution in [1.29, 1.82) is 0 Å². The Bertz CT molecular complexity index is 588. The average molecular weight is 286 g/mol. The molecule has 21 heavy (non-hydrogen) atoms. The molecule has 4 aliphatic carbocycles. The van der Waals surface area contributed by atoms with Crippen LogP contribution in [0.15, 0.2) is 4.79 Å². The lowest BCUT2D eigenvalue weighted by atomic mass is 9.48. The number of hydrogen-bond acceptors (Lipinski definition) is 1. The van der Waals surface area contributed by atoms with E-state index in [0.29, 0.717) is 5.41 Å². The Morgan fingerprint density at radius 2 is 1.71 bits per heavy atom. The lowest BCUT2D eigenvalue weighted by molar-refractivity contribution is -0.0524. The molecule has 1 aromatic rings. The van der Waals surface area contributed by atoms with Crippen LogP contribution in [-0.2, 0) is 19.4 Å². The van der Waals surface area contributed by atoms with E-state index in [1.165, 1.54) is 57.1 Å². The smallest absolute Gasteiger partial charge is 0.267 e. The van der Waals surface area contributed by atoms with Gasteiger partial charge in [0, 0.05) is 17.8 Å². The predicted octanol–water partition coefficient (Wildman–Crippen LogP) is 3.27. The van der Waals surface area contributed by atoms with Gasteiger partial charge in [-0.25, -0.2) is 0 Å². The van der Waals surface area contributed by atoms with Crippen molar-refractivity contribution in [3.8, 4) is 0 Å². The van der Waals surface area contributed by atoms with E-state index in [0.717, 1.165) is 42.7 Å². The van der Waals surface area contributed by atoms with Gasteiger partial charge in [0.05, 0.1) is 0 Å². The lowest BCUT2D eigenvalue weighted by Crippen LogP contribution is -2.47. The average Bonchev–Trinajstić information content (AvgIpc) is 2.73. The zero-order valence-electron chi connectivity index (χ0n) is 12.9. The number of aryl methyl sites for hydroxylation is 1. The third-order valence-electron chi connectivity index (χ3n) is 6.95. The molecule has 0 saturated heterocycles. The Balaban J connectivity index is 1.50. The molecule has 0 aromatic carbocycles. The van der Waals surface area contributed by atoms with Crippen LogP contribution in [0.25, 0.3) is 0 Å². The maximum absolute atomic E-state index is 12.5. The second kappa shape index (κ2) is 4.27. The standard InChI is InChI=1S/C18H26N2O/c21-17-15(16-3-1-2-4-20(16)19-17)11-18-8-12-5-13(9-18)7-14(6-12)10-18/h12-14H,1-11H2,(H,19,21). The molecule has 1 aromatic heterocycles. The van der Waals surface area contributed by atoms with Gasteiger partial charge in [-0.1, -0.05) is 0 Å². The van der Waals surface area contributed by atoms with Gasteiger partial charge in [0.15, 0.2) is 0 Å². The molecule has 4 saturated carbocycles. The van der Waals surface area contributed by atoms with Gasteiger partial charge in [0.2, 0.25) is 0 Å². The fourth-order valence-electron chi connectivity index (χ4n) is 6.65. The summed E-state index contributed by atoms with van der Waals surface area (Å²) < 4.78 is 2.15. The maximum Gasteiger partial charge on any atom is 0.267 e. The molecule has 3 nitrogen and oxygen atoms in total. The summed E-state index contributed by atoms with van der Waals surface area (Å²) in [6.07, 6.45) is 13.3. The highest BCUT2D eigenvalue weighted by Crippen LogP contribution is 2.61. The zero-order valence-corrected chi connectivity index (χ0v) is 12.9. The summed E-state index contributed by atoms with van der Waals surface area (Å²) in [6.45, 7) is 1.02. The first-order chi connectivity index (χ1) is 10.2. The SMILES string of the molecule is O=c1[nH]n2c(c1CC13CC4CC(CC(C4)C1)C3)CCCC2. The minimum atomic E-state index is 0.225. The number of H-pyrrole nitrogens is 1. The molecule has 1 aliphatic heterocycles. The second-order valence-electron chi connectivity index (χ2n) is 8.57. The van der Waals surface area contributed by atoms with Crippen LogP contribution in [0.5, 0.6) is 0 Å². The normalized spacial score (nSPS) is 40.5. The number of fused-ring (bicyclic) bond motifs is 1. The molecule has 5 aliphatic rings. The van der Waals surface area contributed by atoms with E-state index in [-0.39, 0.29) is 5.56 Å². The van der Waals surface area contributed by atoms with Gasteiger partial charge in [0.25, 0.3) is 5.56 Å². The van der Waals surface area contributed by atoms with Gasteiger partial charge in [-0.2, -0.15) is 0 Å². The van der Waals surface area contributed by atoms with E-state index >= 15 is 0 Å². The molecule has 0 spiro atoms. The Kier molecular flexibility index (Phi) is 2.55. The first kappa shape index (κ1) is 12.5. The van der Waals surface area contributed by atoms with Crippen molar-refractivity contribution < 1.29 is 0 Å². The Hall–Kier alpha value is -0.990. The largest absolute Gasteiger partial charge is 0.289 e. The zero-order chi connectivity index (χ0) is 14.0. The van der Waals surface area contributed by atoms with E-state index in [4.69, 9.17) is 0 Å². The minimum Gasteiger partial charge on any atom is -0.289 e. The van der Waals surface area contributed by atoms with E-state index in [9.17, 15) is 4.79 Å². The summed E-state index contributed by atoms with van der Waals surface area (Å²) in [5.74, 6) is 2.94. The summed E-state index contributed by atoms with van der Waals surface area (Å²) in [7, 11) is 0. The molecule has 3 heteroatoms. The molecule has 4 bridgehead atoms. The summed E-state index contributed by atoms with van der Waals surface area (Å²) >= 11 is 0. The fraction of sp³-hybridized carbons (Fsp3) is 0.833. The van der Waals surface area contributed by atoms with Crippen molar-refractivity contribution in [2.45, 2.75) is 70.8 Å². The first-order valence-electron chi connectivity index (χ1n) is 9.01. The van der Waals surface area contributed by atoms with Crippen molar-refractivity contribution in [1.82, 2.24) is 9.78 Å². The number of nitrogens with one attached hydrogen (secondary N) is 1. The molecule has 6 rings (SSSR count). The van der Waals surface area contributed by atoms with E-state index < -0.39 is 0 Å². The van der Waals surface area contributed by atoms with Gasteiger partial charge in [-0.15, -0.1) is 0 Å². The van der Waals surface area contributed by atoms with Crippen LogP contribution in [0.2, 0.25) is 0 Å². The lowest BCUT2D eigenvalue weighted by Gasteiger charge is -2.57. The van der Waals surface area contributed by atoms with Gasteiger partial charge >= 0.3 is 0 Å². The van der Waals surface area contributed by atoms with Crippen LogP contribution in [-0.4, -0.2) is 9.78 Å². The summed E-state index contributed by atoms with van der Waals surface area (Å²) in [4.78, 5) is 12.5. The summed E-state index contributed by atoms with van der Waals surface area (Å²) in [5.41, 5.74) is 3.23. The fourth-order valence-corrected chi connectivity index (χ4v) is 6.65. The first-order valence-corrected chi connectivity index (χ1v) is 9.01. The van der Waals surface area contributed by atoms with E-state index in [1.807, 2.05) is 0 Å². The number of nitrogens with zero attached hydrogens (tertiary/aromatic N) is 1. The van der Waals surface area contributed by atoms with Crippen molar-refractivity contribution in [2.24, 2.45) is 23.2 Å². The van der Waals surface area contributed by atoms with Crippen molar-refractivity contribution in [2.75, 3.05) is 0 Å². The summed E-state index contributed by atoms with van der Waals surface area (Å²) in [5, 5.41) is 3.11. The highest BCUT2D eigenvalue weighted by Gasteiger charge is 2.51. The Labute approximate surface area is 126 Å². The van der Waals surface area contributed by atoms with Gasteiger partial charge in [-0.05, 0) is 87.4 Å². The summed E-state index contributed by atoms with van der Waals surface area (Å²) in [6, 6.07) is 0. The third-order valence-corrected chi connectivity index (χ3v) is 6.95. The topological polar surface area (TPSA) is 37.8 Å². The molecule has 2 heterocycles. The van der Waals surface area contributed by atoms with Crippen LogP contribution < -0.4 is 5.56 Å². The van der Waals surface area contributed by atoms with Crippen molar-refractivity contribution >= 4 is 0 Å². The molecule has 0 amide bonds. The van der Waals surface area contributed by atoms with Crippen LogP contribution in [0.4, 0.5) is 0 Å².